The molecule has 17 heavy (non-hydrogen) atoms. The number of benzene rings is 1. The molecule has 0 bridgehead atoms. The molecule has 0 aliphatic heterocycles. The van der Waals surface area contributed by atoms with Crippen LogP contribution in [0.3, 0.4) is 0 Å². The van der Waals surface area contributed by atoms with Gasteiger partial charge in [-0.25, -0.2) is 0 Å². The van der Waals surface area contributed by atoms with Gasteiger partial charge < -0.3 is 10.6 Å². The summed E-state index contributed by atoms with van der Waals surface area (Å²) in [7, 11) is 2.08. The number of pyridine rings is 1. The number of anilines is 1. The van der Waals surface area contributed by atoms with Gasteiger partial charge in [-0.1, -0.05) is 18.2 Å². The maximum absolute atomic E-state index is 5.74. The minimum Gasteiger partial charge on any atom is -0.370 e. The van der Waals surface area contributed by atoms with E-state index >= 15 is 0 Å². The van der Waals surface area contributed by atoms with E-state index in [1.54, 1.807) is 0 Å². The van der Waals surface area contributed by atoms with Gasteiger partial charge in [0.05, 0.1) is 5.52 Å². The Bertz CT molecular complexity index is 522. The zero-order valence-corrected chi connectivity index (χ0v) is 10.6. The lowest BCUT2D eigenvalue weighted by atomic mass is 10.1. The van der Waals surface area contributed by atoms with Crippen LogP contribution in [0.4, 0.5) is 5.69 Å². The molecule has 2 aromatic rings. The topological polar surface area (TPSA) is 42.1 Å². The number of likely N-dealkylation sites (N-methyl/N-ethyl adjacent to an activating group) is 1. The van der Waals surface area contributed by atoms with E-state index in [0.29, 0.717) is 12.6 Å². The van der Waals surface area contributed by atoms with Crippen molar-refractivity contribution in [2.24, 2.45) is 5.73 Å². The highest BCUT2D eigenvalue weighted by atomic mass is 15.1. The summed E-state index contributed by atoms with van der Waals surface area (Å²) < 4.78 is 0. The quantitative estimate of drug-likeness (QED) is 0.878. The standard InChI is InChI=1S/C14H19N3/c1-10-8-14(17(3)11(2)9-15)12-6-4-5-7-13(12)16-10/h4-8,11H,9,15H2,1-3H3. The van der Waals surface area contributed by atoms with E-state index in [1.807, 2.05) is 25.1 Å². The molecule has 0 saturated heterocycles. The number of aryl methyl sites for hydroxylation is 1. The van der Waals surface area contributed by atoms with Gasteiger partial charge in [0.1, 0.15) is 0 Å². The molecule has 1 atom stereocenters. The van der Waals surface area contributed by atoms with Crippen molar-refractivity contribution in [3.8, 4) is 0 Å². The summed E-state index contributed by atoms with van der Waals surface area (Å²) in [6.07, 6.45) is 0. The van der Waals surface area contributed by atoms with Gasteiger partial charge in [0.15, 0.2) is 0 Å². The number of nitrogens with two attached hydrogens (primary N) is 1. The van der Waals surface area contributed by atoms with Gasteiger partial charge in [-0.15, -0.1) is 0 Å². The summed E-state index contributed by atoms with van der Waals surface area (Å²) in [6, 6.07) is 10.7. The molecule has 0 fully saturated rings. The molecule has 0 amide bonds. The molecule has 2 rings (SSSR count). The van der Waals surface area contributed by atoms with E-state index in [2.05, 4.69) is 36.0 Å². The Morgan fingerprint density at radius 2 is 2.06 bits per heavy atom. The maximum Gasteiger partial charge on any atom is 0.0726 e. The molecule has 0 saturated carbocycles. The van der Waals surface area contributed by atoms with Crippen molar-refractivity contribution in [1.82, 2.24) is 4.98 Å². The van der Waals surface area contributed by atoms with Gasteiger partial charge in [-0.3, -0.25) is 4.98 Å². The molecule has 0 aliphatic carbocycles. The van der Waals surface area contributed by atoms with Crippen LogP contribution in [0.15, 0.2) is 30.3 Å². The Kier molecular flexibility index (Phi) is 3.29. The van der Waals surface area contributed by atoms with Crippen LogP contribution in [-0.2, 0) is 0 Å². The third-order valence-electron chi connectivity index (χ3n) is 3.20. The van der Waals surface area contributed by atoms with Crippen LogP contribution in [0, 0.1) is 6.92 Å². The number of hydrogen-bond acceptors (Lipinski definition) is 3. The molecule has 0 aliphatic rings. The van der Waals surface area contributed by atoms with Crippen molar-refractivity contribution in [2.75, 3.05) is 18.5 Å². The van der Waals surface area contributed by atoms with Gasteiger partial charge in [-0.05, 0) is 26.0 Å². The zero-order valence-electron chi connectivity index (χ0n) is 10.6. The zero-order chi connectivity index (χ0) is 12.4. The van der Waals surface area contributed by atoms with Crippen molar-refractivity contribution in [3.63, 3.8) is 0 Å². The molecule has 0 radical (unpaired) electrons. The van der Waals surface area contributed by atoms with Gasteiger partial charge in [-0.2, -0.15) is 0 Å². The van der Waals surface area contributed by atoms with Crippen molar-refractivity contribution in [2.45, 2.75) is 19.9 Å². The molecular formula is C14H19N3. The fraction of sp³-hybridized carbons (Fsp3) is 0.357. The summed E-state index contributed by atoms with van der Waals surface area (Å²) in [4.78, 5) is 6.77. The van der Waals surface area contributed by atoms with Crippen molar-refractivity contribution >= 4 is 16.6 Å². The van der Waals surface area contributed by atoms with Crippen LogP contribution < -0.4 is 10.6 Å². The van der Waals surface area contributed by atoms with Crippen molar-refractivity contribution in [1.29, 1.82) is 0 Å². The van der Waals surface area contributed by atoms with Crippen molar-refractivity contribution < 1.29 is 0 Å². The Hall–Kier alpha value is -1.61. The van der Waals surface area contributed by atoms with Crippen LogP contribution >= 0.6 is 0 Å². The number of para-hydroxylation sites is 1. The molecule has 3 nitrogen and oxygen atoms in total. The lowest BCUT2D eigenvalue weighted by molar-refractivity contribution is 0.697. The van der Waals surface area contributed by atoms with E-state index in [-0.39, 0.29) is 0 Å². The lowest BCUT2D eigenvalue weighted by Gasteiger charge is -2.27. The van der Waals surface area contributed by atoms with E-state index in [4.69, 9.17) is 5.73 Å². The first kappa shape index (κ1) is 11.9. The summed E-state index contributed by atoms with van der Waals surface area (Å²) in [5.41, 5.74) is 9.01. The molecule has 2 N–H and O–H groups in total. The van der Waals surface area contributed by atoms with Crippen LogP contribution in [0.2, 0.25) is 0 Å². The first-order valence-electron chi connectivity index (χ1n) is 5.92. The minimum absolute atomic E-state index is 0.320. The Labute approximate surface area is 102 Å². The summed E-state index contributed by atoms with van der Waals surface area (Å²) in [6.45, 7) is 4.80. The third-order valence-corrected chi connectivity index (χ3v) is 3.20. The predicted octanol–water partition coefficient (Wildman–Crippen LogP) is 2.33. The second-order valence-corrected chi connectivity index (χ2v) is 4.50. The largest absolute Gasteiger partial charge is 0.370 e. The monoisotopic (exact) mass is 229 g/mol. The second-order valence-electron chi connectivity index (χ2n) is 4.50. The normalized spacial score (nSPS) is 12.7. The maximum atomic E-state index is 5.74. The first-order valence-corrected chi connectivity index (χ1v) is 5.92. The summed E-state index contributed by atoms with van der Waals surface area (Å²) >= 11 is 0. The predicted molar refractivity (Wildman–Crippen MR) is 73.4 cm³/mol. The number of nitrogens with zero attached hydrogens (tertiary/aromatic N) is 2. The SMILES string of the molecule is Cc1cc(N(C)C(C)CN)c2ccccc2n1. The van der Waals surface area contributed by atoms with Crippen LogP contribution in [0.25, 0.3) is 10.9 Å². The number of aromatic nitrogens is 1. The average Bonchev–Trinajstić information content (AvgIpc) is 2.35. The molecule has 0 spiro atoms. The number of fused-ring (bicyclic) bond motifs is 1. The Morgan fingerprint density at radius 3 is 2.76 bits per heavy atom. The Morgan fingerprint density at radius 1 is 1.35 bits per heavy atom. The Balaban J connectivity index is 2.59. The molecule has 1 unspecified atom stereocenters. The highest BCUT2D eigenvalue weighted by Gasteiger charge is 2.12. The molecule has 1 aromatic carbocycles. The third kappa shape index (κ3) is 2.24. The molecule has 90 valence electrons. The molecular weight excluding hydrogens is 210 g/mol. The lowest BCUT2D eigenvalue weighted by Crippen LogP contribution is -2.35. The highest BCUT2D eigenvalue weighted by Crippen LogP contribution is 2.26. The first-order chi connectivity index (χ1) is 8.13. The van der Waals surface area contributed by atoms with Crippen LogP contribution in [0.5, 0.6) is 0 Å². The fourth-order valence-electron chi connectivity index (χ4n) is 1.97. The fourth-order valence-corrected chi connectivity index (χ4v) is 1.97. The van der Waals surface area contributed by atoms with Gasteiger partial charge in [0.2, 0.25) is 0 Å². The van der Waals surface area contributed by atoms with E-state index < -0.39 is 0 Å². The van der Waals surface area contributed by atoms with Crippen molar-refractivity contribution in [3.05, 3.63) is 36.0 Å². The molecule has 1 heterocycles. The van der Waals surface area contributed by atoms with E-state index in [1.165, 1.54) is 11.1 Å². The van der Waals surface area contributed by atoms with Gasteiger partial charge in [0, 0.05) is 36.4 Å². The number of rotatable bonds is 3. The smallest absolute Gasteiger partial charge is 0.0726 e. The highest BCUT2D eigenvalue weighted by molar-refractivity contribution is 5.91. The second kappa shape index (κ2) is 4.72. The molecule has 1 aromatic heterocycles. The average molecular weight is 229 g/mol. The van der Waals surface area contributed by atoms with Gasteiger partial charge >= 0.3 is 0 Å². The van der Waals surface area contributed by atoms with Gasteiger partial charge in [0.25, 0.3) is 0 Å². The summed E-state index contributed by atoms with van der Waals surface area (Å²) in [5, 5.41) is 1.18. The number of hydrogen-bond donors (Lipinski definition) is 1. The summed E-state index contributed by atoms with van der Waals surface area (Å²) in [5.74, 6) is 0. The minimum atomic E-state index is 0.320. The van der Waals surface area contributed by atoms with E-state index in [9.17, 15) is 0 Å². The molecule has 3 heteroatoms. The van der Waals surface area contributed by atoms with E-state index in [0.717, 1.165) is 11.2 Å². The van der Waals surface area contributed by atoms with Crippen LogP contribution in [0.1, 0.15) is 12.6 Å². The van der Waals surface area contributed by atoms with Crippen LogP contribution in [-0.4, -0.2) is 24.6 Å².